The van der Waals surface area contributed by atoms with E-state index in [1.54, 1.807) is 0 Å². The third-order valence-electron chi connectivity index (χ3n) is 2.77. The molecule has 2 aromatic rings. The summed E-state index contributed by atoms with van der Waals surface area (Å²) >= 11 is 5.87. The molecule has 7 heteroatoms. The van der Waals surface area contributed by atoms with E-state index in [1.807, 2.05) is 0 Å². The van der Waals surface area contributed by atoms with E-state index < -0.39 is 11.6 Å². The van der Waals surface area contributed by atoms with Crippen LogP contribution in [0, 0.1) is 11.6 Å². The molecule has 1 N–H and O–H groups in total. The van der Waals surface area contributed by atoms with E-state index in [0.717, 1.165) is 12.1 Å². The lowest BCUT2D eigenvalue weighted by atomic mass is 10.1. The first-order valence-electron chi connectivity index (χ1n) is 5.37. The van der Waals surface area contributed by atoms with Gasteiger partial charge in [-0.15, -0.1) is 0 Å². The van der Waals surface area contributed by atoms with Gasteiger partial charge in [-0.25, -0.2) is 18.7 Å². The molecular formula is C12H6ClF2N3O. The van der Waals surface area contributed by atoms with Gasteiger partial charge in [0, 0.05) is 0 Å². The quantitative estimate of drug-likeness (QED) is 0.816. The first-order chi connectivity index (χ1) is 9.08. The number of nitrogens with one attached hydrogen (secondary N) is 1. The highest BCUT2D eigenvalue weighted by atomic mass is 35.5. The highest BCUT2D eigenvalue weighted by molar-refractivity contribution is 6.33. The molecule has 0 bridgehead atoms. The molecule has 19 heavy (non-hydrogen) atoms. The van der Waals surface area contributed by atoms with Crippen molar-refractivity contribution in [1.82, 2.24) is 15.3 Å². The van der Waals surface area contributed by atoms with Gasteiger partial charge in [0.25, 0.3) is 5.91 Å². The fourth-order valence-electron chi connectivity index (χ4n) is 1.90. The van der Waals surface area contributed by atoms with E-state index in [-0.39, 0.29) is 34.6 Å². The smallest absolute Gasteiger partial charge is 0.256 e. The molecule has 2 heterocycles. The molecule has 96 valence electrons. The Morgan fingerprint density at radius 1 is 1.16 bits per heavy atom. The fourth-order valence-corrected chi connectivity index (χ4v) is 2.18. The third kappa shape index (κ3) is 1.84. The van der Waals surface area contributed by atoms with Crippen molar-refractivity contribution in [3.8, 4) is 11.4 Å². The Morgan fingerprint density at radius 2 is 1.84 bits per heavy atom. The zero-order valence-corrected chi connectivity index (χ0v) is 10.1. The summed E-state index contributed by atoms with van der Waals surface area (Å²) in [5.74, 6) is -2.13. The summed E-state index contributed by atoms with van der Waals surface area (Å²) < 4.78 is 27.3. The van der Waals surface area contributed by atoms with Crippen molar-refractivity contribution in [2.24, 2.45) is 0 Å². The lowest BCUT2D eigenvalue weighted by molar-refractivity contribution is 0.0965. The Balaban J connectivity index is 2.23. The lowest BCUT2D eigenvalue weighted by Crippen LogP contribution is -2.12. The van der Waals surface area contributed by atoms with Crippen molar-refractivity contribution in [3.63, 3.8) is 0 Å². The molecule has 1 aliphatic rings. The van der Waals surface area contributed by atoms with Crippen LogP contribution in [0.4, 0.5) is 8.78 Å². The van der Waals surface area contributed by atoms with Crippen LogP contribution in [-0.2, 0) is 6.54 Å². The van der Waals surface area contributed by atoms with Gasteiger partial charge in [-0.2, -0.15) is 0 Å². The highest BCUT2D eigenvalue weighted by Gasteiger charge is 2.27. The maximum atomic E-state index is 13.7. The van der Waals surface area contributed by atoms with Crippen LogP contribution < -0.4 is 5.32 Å². The number of nitrogens with zero attached hydrogens (tertiary/aromatic N) is 2. The van der Waals surface area contributed by atoms with Gasteiger partial charge in [-0.3, -0.25) is 4.79 Å². The molecule has 0 aliphatic carbocycles. The number of aromatic nitrogens is 2. The summed E-state index contributed by atoms with van der Waals surface area (Å²) in [5.41, 5.74) is 0.136. The van der Waals surface area contributed by atoms with Crippen molar-refractivity contribution >= 4 is 17.5 Å². The van der Waals surface area contributed by atoms with Crippen molar-refractivity contribution in [2.45, 2.75) is 6.54 Å². The minimum atomic E-state index is -0.784. The minimum Gasteiger partial charge on any atom is -0.346 e. The van der Waals surface area contributed by atoms with Crippen LogP contribution in [0.1, 0.15) is 16.1 Å². The van der Waals surface area contributed by atoms with E-state index in [4.69, 9.17) is 11.6 Å². The van der Waals surface area contributed by atoms with Crippen LogP contribution in [0.15, 0.2) is 18.2 Å². The van der Waals surface area contributed by atoms with Gasteiger partial charge in [0.05, 0.1) is 17.8 Å². The summed E-state index contributed by atoms with van der Waals surface area (Å²) in [4.78, 5) is 19.2. The average molecular weight is 282 g/mol. The molecule has 0 fully saturated rings. The average Bonchev–Trinajstić information content (AvgIpc) is 2.71. The number of hydrogen-bond donors (Lipinski definition) is 1. The van der Waals surface area contributed by atoms with Gasteiger partial charge in [0.1, 0.15) is 22.4 Å². The molecule has 1 aromatic heterocycles. The van der Waals surface area contributed by atoms with E-state index in [0.29, 0.717) is 5.69 Å². The van der Waals surface area contributed by atoms with E-state index in [9.17, 15) is 13.6 Å². The van der Waals surface area contributed by atoms with E-state index >= 15 is 0 Å². The Morgan fingerprint density at radius 3 is 2.53 bits per heavy atom. The maximum Gasteiger partial charge on any atom is 0.256 e. The number of amides is 1. The standard InChI is InChI=1S/C12H6ClF2N3O/c13-10-9-7(4-16-12(9)19)17-11(18-10)8-5(14)2-1-3-6(8)15/h1-3H,4H2,(H,16,19). The zero-order valence-electron chi connectivity index (χ0n) is 9.38. The number of rotatable bonds is 1. The normalized spacial score (nSPS) is 13.3. The number of benzene rings is 1. The van der Waals surface area contributed by atoms with Crippen molar-refractivity contribution < 1.29 is 13.6 Å². The summed E-state index contributed by atoms with van der Waals surface area (Å²) in [6.45, 7) is 0.166. The van der Waals surface area contributed by atoms with Crippen LogP contribution in [0.2, 0.25) is 5.15 Å². The largest absolute Gasteiger partial charge is 0.346 e. The number of halogens is 3. The SMILES string of the molecule is O=C1NCc2nc(-c3c(F)cccc3F)nc(Cl)c21. The van der Waals surface area contributed by atoms with Crippen LogP contribution >= 0.6 is 11.6 Å². The molecular weight excluding hydrogens is 276 g/mol. The Hall–Kier alpha value is -2.08. The van der Waals surface area contributed by atoms with Crippen LogP contribution in [0.5, 0.6) is 0 Å². The molecule has 1 amide bonds. The maximum absolute atomic E-state index is 13.7. The monoisotopic (exact) mass is 281 g/mol. The second-order valence-electron chi connectivity index (χ2n) is 3.94. The highest BCUT2D eigenvalue weighted by Crippen LogP contribution is 2.28. The topological polar surface area (TPSA) is 54.9 Å². The van der Waals surface area contributed by atoms with Gasteiger partial charge in [-0.1, -0.05) is 17.7 Å². The summed E-state index contributed by atoms with van der Waals surface area (Å²) in [6, 6.07) is 3.45. The minimum absolute atomic E-state index is 0.113. The molecule has 0 unspecified atom stereocenters. The fraction of sp³-hybridized carbons (Fsp3) is 0.0833. The van der Waals surface area contributed by atoms with Gasteiger partial charge < -0.3 is 5.32 Å². The Kier molecular flexibility index (Phi) is 2.67. The summed E-state index contributed by atoms with van der Waals surface area (Å²) in [5, 5.41) is 2.41. The number of carbonyl (C=O) groups excluding carboxylic acids is 1. The molecule has 1 aliphatic heterocycles. The molecule has 3 rings (SSSR count). The predicted molar refractivity (Wildman–Crippen MR) is 63.6 cm³/mol. The summed E-state index contributed by atoms with van der Waals surface area (Å²) in [7, 11) is 0. The molecule has 4 nitrogen and oxygen atoms in total. The molecule has 0 atom stereocenters. The van der Waals surface area contributed by atoms with Crippen molar-refractivity contribution in [3.05, 3.63) is 46.2 Å². The van der Waals surface area contributed by atoms with E-state index in [2.05, 4.69) is 15.3 Å². The summed E-state index contributed by atoms with van der Waals surface area (Å²) in [6.07, 6.45) is 0. The first kappa shape index (κ1) is 12.0. The molecule has 0 saturated carbocycles. The zero-order chi connectivity index (χ0) is 13.6. The Bertz CT molecular complexity index is 685. The number of fused-ring (bicyclic) bond motifs is 1. The molecule has 0 radical (unpaired) electrons. The van der Waals surface area contributed by atoms with Gasteiger partial charge >= 0.3 is 0 Å². The van der Waals surface area contributed by atoms with Crippen molar-refractivity contribution in [2.75, 3.05) is 0 Å². The predicted octanol–water partition coefficient (Wildman–Crippen LogP) is 2.32. The second kappa shape index (κ2) is 4.24. The number of hydrogen-bond acceptors (Lipinski definition) is 3. The first-order valence-corrected chi connectivity index (χ1v) is 5.74. The molecule has 0 saturated heterocycles. The Labute approximate surface area is 111 Å². The van der Waals surface area contributed by atoms with Crippen LogP contribution in [0.3, 0.4) is 0 Å². The van der Waals surface area contributed by atoms with Gasteiger partial charge in [-0.05, 0) is 12.1 Å². The van der Waals surface area contributed by atoms with Crippen LogP contribution in [0.25, 0.3) is 11.4 Å². The van der Waals surface area contributed by atoms with Crippen molar-refractivity contribution in [1.29, 1.82) is 0 Å². The molecule has 1 aromatic carbocycles. The number of carbonyl (C=O) groups is 1. The molecule has 0 spiro atoms. The van der Waals surface area contributed by atoms with E-state index in [1.165, 1.54) is 6.07 Å². The third-order valence-corrected chi connectivity index (χ3v) is 3.04. The lowest BCUT2D eigenvalue weighted by Gasteiger charge is -2.06. The van der Waals surface area contributed by atoms with Crippen LogP contribution in [-0.4, -0.2) is 15.9 Å². The van der Waals surface area contributed by atoms with Gasteiger partial charge in [0.2, 0.25) is 0 Å². The van der Waals surface area contributed by atoms with Gasteiger partial charge in [0.15, 0.2) is 5.82 Å². The second-order valence-corrected chi connectivity index (χ2v) is 4.30.